The monoisotopic (exact) mass is 268 g/mol. The van der Waals surface area contributed by atoms with Gasteiger partial charge in [0.05, 0.1) is 7.11 Å². The van der Waals surface area contributed by atoms with Crippen molar-refractivity contribution in [1.82, 2.24) is 5.01 Å². The van der Waals surface area contributed by atoms with Gasteiger partial charge < -0.3 is 9.84 Å². The molecule has 1 atom stereocenters. The second-order valence-electron chi connectivity index (χ2n) is 4.12. The minimum absolute atomic E-state index is 0.240. The predicted octanol–water partition coefficient (Wildman–Crippen LogP) is 2.33. The van der Waals surface area contributed by atoms with Gasteiger partial charge in [-0.1, -0.05) is 23.7 Å². The van der Waals surface area contributed by atoms with Gasteiger partial charge in [-0.05, 0) is 19.1 Å². The molecule has 0 saturated heterocycles. The van der Waals surface area contributed by atoms with Crippen LogP contribution in [0.25, 0.3) is 0 Å². The van der Waals surface area contributed by atoms with E-state index in [-0.39, 0.29) is 6.42 Å². The molecule has 1 N–H and O–H groups in total. The normalized spacial score (nSPS) is 22.9. The SMILES string of the molecule is COC(=O)N1N=C(C)C[C@@]1(O)c1ccc(Cl)cc1. The Morgan fingerprint density at radius 3 is 2.67 bits per heavy atom. The minimum Gasteiger partial charge on any atom is -0.451 e. The lowest BCUT2D eigenvalue weighted by Gasteiger charge is -2.30. The standard InChI is InChI=1S/C12H13ClN2O3/c1-8-7-12(17,15(14-8)11(16)18-2)9-3-5-10(13)6-4-9/h3-6,17H,7H2,1-2H3/t12-/m1/s1. The number of amides is 1. The molecule has 96 valence electrons. The predicted molar refractivity (Wildman–Crippen MR) is 67.3 cm³/mol. The molecule has 0 aliphatic carbocycles. The van der Waals surface area contributed by atoms with Crippen LogP contribution in [0, 0.1) is 0 Å². The van der Waals surface area contributed by atoms with Gasteiger partial charge in [0.25, 0.3) is 0 Å². The van der Waals surface area contributed by atoms with Crippen LogP contribution in [0.1, 0.15) is 18.9 Å². The molecule has 18 heavy (non-hydrogen) atoms. The quantitative estimate of drug-likeness (QED) is 0.850. The number of carbonyl (C=O) groups is 1. The Labute approximate surface area is 110 Å². The van der Waals surface area contributed by atoms with E-state index in [0.717, 1.165) is 5.01 Å². The van der Waals surface area contributed by atoms with Gasteiger partial charge in [-0.2, -0.15) is 10.1 Å². The van der Waals surface area contributed by atoms with Gasteiger partial charge in [0.15, 0.2) is 5.72 Å². The Kier molecular flexibility index (Phi) is 3.28. The number of hydrogen-bond acceptors (Lipinski definition) is 4. The average molecular weight is 269 g/mol. The maximum Gasteiger partial charge on any atom is 0.433 e. The van der Waals surface area contributed by atoms with Crippen molar-refractivity contribution >= 4 is 23.4 Å². The highest BCUT2D eigenvalue weighted by Gasteiger charge is 2.45. The van der Waals surface area contributed by atoms with Crippen LogP contribution in [-0.4, -0.2) is 29.0 Å². The Balaban J connectivity index is 2.40. The van der Waals surface area contributed by atoms with Gasteiger partial charge >= 0.3 is 6.09 Å². The molecule has 0 aromatic heterocycles. The summed E-state index contributed by atoms with van der Waals surface area (Å²) in [6, 6.07) is 6.62. The summed E-state index contributed by atoms with van der Waals surface area (Å²) in [4.78, 5) is 11.6. The van der Waals surface area contributed by atoms with Crippen molar-refractivity contribution in [3.8, 4) is 0 Å². The lowest BCUT2D eigenvalue weighted by molar-refractivity contribution is -0.0834. The number of nitrogens with zero attached hydrogens (tertiary/aromatic N) is 2. The maximum absolute atomic E-state index is 11.6. The van der Waals surface area contributed by atoms with Gasteiger partial charge in [-0.25, -0.2) is 4.79 Å². The number of hydrogen-bond donors (Lipinski definition) is 1. The molecule has 1 aliphatic heterocycles. The lowest BCUT2D eigenvalue weighted by Crippen LogP contribution is -2.43. The molecule has 0 fully saturated rings. The van der Waals surface area contributed by atoms with E-state index in [9.17, 15) is 9.90 Å². The second kappa shape index (κ2) is 4.59. The minimum atomic E-state index is -1.51. The lowest BCUT2D eigenvalue weighted by atomic mass is 9.98. The first-order valence-corrected chi connectivity index (χ1v) is 5.76. The fraction of sp³-hybridized carbons (Fsp3) is 0.333. The fourth-order valence-electron chi connectivity index (χ4n) is 1.94. The first-order valence-electron chi connectivity index (χ1n) is 5.38. The summed E-state index contributed by atoms with van der Waals surface area (Å²) in [7, 11) is 1.24. The summed E-state index contributed by atoms with van der Waals surface area (Å²) < 4.78 is 4.62. The van der Waals surface area contributed by atoms with E-state index in [1.165, 1.54) is 7.11 Å². The summed E-state index contributed by atoms with van der Waals surface area (Å²) in [5.41, 5.74) is -0.322. The third kappa shape index (κ3) is 2.07. The zero-order chi connectivity index (χ0) is 13.3. The highest BCUT2D eigenvalue weighted by molar-refractivity contribution is 6.30. The van der Waals surface area contributed by atoms with Gasteiger partial charge in [-0.3, -0.25) is 0 Å². The largest absolute Gasteiger partial charge is 0.451 e. The molecule has 0 radical (unpaired) electrons. The zero-order valence-electron chi connectivity index (χ0n) is 10.1. The molecular formula is C12H13ClN2O3. The van der Waals surface area contributed by atoms with Crippen LogP contribution in [-0.2, 0) is 10.5 Å². The molecule has 0 saturated carbocycles. The number of methoxy groups -OCH3 is 1. The van der Waals surface area contributed by atoms with Crippen LogP contribution in [0.2, 0.25) is 5.02 Å². The van der Waals surface area contributed by atoms with Crippen LogP contribution in [0.4, 0.5) is 4.79 Å². The number of aliphatic hydroxyl groups is 1. The number of rotatable bonds is 1. The van der Waals surface area contributed by atoms with Crippen LogP contribution >= 0.6 is 11.6 Å². The van der Waals surface area contributed by atoms with Crippen molar-refractivity contribution in [2.24, 2.45) is 5.10 Å². The van der Waals surface area contributed by atoms with Crippen LogP contribution in [0.5, 0.6) is 0 Å². The Morgan fingerprint density at radius 2 is 2.11 bits per heavy atom. The molecule has 0 bridgehead atoms. The molecule has 0 spiro atoms. The van der Waals surface area contributed by atoms with E-state index in [2.05, 4.69) is 9.84 Å². The molecule has 6 heteroatoms. The first kappa shape index (κ1) is 12.9. The van der Waals surface area contributed by atoms with Crippen molar-refractivity contribution in [3.63, 3.8) is 0 Å². The van der Waals surface area contributed by atoms with E-state index in [1.807, 2.05) is 0 Å². The third-order valence-corrected chi connectivity index (χ3v) is 3.03. The maximum atomic E-state index is 11.6. The summed E-state index contributed by atoms with van der Waals surface area (Å²) in [5, 5.41) is 16.2. The molecule has 1 aromatic carbocycles. The summed E-state index contributed by atoms with van der Waals surface area (Å²) >= 11 is 5.80. The highest BCUT2D eigenvalue weighted by atomic mass is 35.5. The molecule has 2 rings (SSSR count). The fourth-order valence-corrected chi connectivity index (χ4v) is 2.07. The summed E-state index contributed by atoms with van der Waals surface area (Å²) in [5.74, 6) is 0. The Morgan fingerprint density at radius 1 is 1.50 bits per heavy atom. The van der Waals surface area contributed by atoms with E-state index < -0.39 is 11.8 Å². The third-order valence-electron chi connectivity index (χ3n) is 2.78. The van der Waals surface area contributed by atoms with Crippen LogP contribution < -0.4 is 0 Å². The molecule has 1 heterocycles. The smallest absolute Gasteiger partial charge is 0.433 e. The van der Waals surface area contributed by atoms with E-state index in [0.29, 0.717) is 16.3 Å². The Bertz CT molecular complexity index is 501. The topological polar surface area (TPSA) is 62.1 Å². The first-order chi connectivity index (χ1) is 8.47. The Hall–Kier alpha value is -1.59. The molecular weight excluding hydrogens is 256 g/mol. The summed E-state index contributed by atoms with van der Waals surface area (Å²) in [6.45, 7) is 1.74. The van der Waals surface area contributed by atoms with Crippen LogP contribution in [0.3, 0.4) is 0 Å². The van der Waals surface area contributed by atoms with E-state index >= 15 is 0 Å². The second-order valence-corrected chi connectivity index (χ2v) is 4.55. The molecule has 1 aliphatic rings. The molecule has 0 unspecified atom stereocenters. The van der Waals surface area contributed by atoms with Gasteiger partial charge in [0.1, 0.15) is 0 Å². The van der Waals surface area contributed by atoms with Crippen molar-refractivity contribution in [2.75, 3.05) is 7.11 Å². The van der Waals surface area contributed by atoms with Crippen molar-refractivity contribution in [1.29, 1.82) is 0 Å². The van der Waals surface area contributed by atoms with Crippen molar-refractivity contribution in [3.05, 3.63) is 34.9 Å². The number of hydrazone groups is 1. The van der Waals surface area contributed by atoms with Gasteiger partial charge in [-0.15, -0.1) is 0 Å². The van der Waals surface area contributed by atoms with Crippen LogP contribution in [0.15, 0.2) is 29.4 Å². The van der Waals surface area contributed by atoms with E-state index in [4.69, 9.17) is 11.6 Å². The highest BCUT2D eigenvalue weighted by Crippen LogP contribution is 2.35. The number of benzene rings is 1. The van der Waals surface area contributed by atoms with Crippen molar-refractivity contribution in [2.45, 2.75) is 19.1 Å². The van der Waals surface area contributed by atoms with Gasteiger partial charge in [0, 0.05) is 22.7 Å². The molecule has 5 nitrogen and oxygen atoms in total. The average Bonchev–Trinajstić information content (AvgIpc) is 2.65. The molecule has 1 amide bonds. The number of ether oxygens (including phenoxy) is 1. The number of carbonyl (C=O) groups excluding carboxylic acids is 1. The number of halogens is 1. The van der Waals surface area contributed by atoms with Gasteiger partial charge in [0.2, 0.25) is 0 Å². The summed E-state index contributed by atoms with van der Waals surface area (Å²) in [6.07, 6.45) is -0.465. The zero-order valence-corrected chi connectivity index (χ0v) is 10.8. The van der Waals surface area contributed by atoms with E-state index in [1.54, 1.807) is 31.2 Å². The van der Waals surface area contributed by atoms with Crippen molar-refractivity contribution < 1.29 is 14.6 Å². The molecule has 1 aromatic rings.